The predicted molar refractivity (Wildman–Crippen MR) is 162 cm³/mol. The highest BCUT2D eigenvalue weighted by Crippen LogP contribution is 2.31. The molecule has 1 fully saturated rings. The first-order valence-corrected chi connectivity index (χ1v) is 14.0. The molecule has 10 heteroatoms. The molecule has 1 aromatic heterocycles. The van der Waals surface area contributed by atoms with Crippen LogP contribution in [-0.4, -0.2) is 73.0 Å². The summed E-state index contributed by atoms with van der Waals surface area (Å²) in [5.74, 6) is 3.69. The molecule has 5 rings (SSSR count). The lowest BCUT2D eigenvalue weighted by atomic mass is 10.0. The van der Waals surface area contributed by atoms with E-state index in [0.29, 0.717) is 37.5 Å². The number of aromatic hydroxyl groups is 1. The van der Waals surface area contributed by atoms with Gasteiger partial charge in [0.15, 0.2) is 0 Å². The summed E-state index contributed by atoms with van der Waals surface area (Å²) in [7, 11) is 1.67. The number of methoxy groups -OCH3 is 1. The van der Waals surface area contributed by atoms with Gasteiger partial charge in [-0.05, 0) is 54.3 Å². The normalized spacial score (nSPS) is 13.0. The minimum Gasteiger partial charge on any atom is -0.508 e. The van der Waals surface area contributed by atoms with Gasteiger partial charge in [0.1, 0.15) is 17.2 Å². The van der Waals surface area contributed by atoms with Gasteiger partial charge in [-0.15, -0.1) is 0 Å². The van der Waals surface area contributed by atoms with Crippen molar-refractivity contribution in [3.8, 4) is 28.4 Å². The molecule has 0 unspecified atom stereocenters. The maximum Gasteiger partial charge on any atom is 0.232 e. The van der Waals surface area contributed by atoms with Crippen LogP contribution >= 0.6 is 0 Å². The van der Waals surface area contributed by atoms with Gasteiger partial charge in [-0.25, -0.2) is 0 Å². The summed E-state index contributed by atoms with van der Waals surface area (Å²) in [5.41, 5.74) is 3.25. The van der Waals surface area contributed by atoms with Crippen molar-refractivity contribution >= 4 is 17.8 Å². The maximum absolute atomic E-state index is 9.51. The molecule has 10 nitrogen and oxygen atoms in total. The maximum atomic E-state index is 9.51. The van der Waals surface area contributed by atoms with Crippen molar-refractivity contribution in [2.75, 3.05) is 68.5 Å². The van der Waals surface area contributed by atoms with E-state index in [1.807, 2.05) is 54.6 Å². The number of para-hydroxylation sites is 1. The van der Waals surface area contributed by atoms with Crippen molar-refractivity contribution < 1.29 is 14.6 Å². The third kappa shape index (κ3) is 7.98. The fraction of sp³-hybridized carbons (Fsp3) is 0.323. The number of piperazine rings is 1. The number of hydrogen-bond donors (Lipinski definition) is 4. The summed E-state index contributed by atoms with van der Waals surface area (Å²) < 4.78 is 11.4. The lowest BCUT2D eigenvalue weighted by molar-refractivity contribution is 0.316. The van der Waals surface area contributed by atoms with Crippen LogP contribution in [0.2, 0.25) is 0 Å². The third-order valence-corrected chi connectivity index (χ3v) is 6.81. The van der Waals surface area contributed by atoms with E-state index in [-0.39, 0.29) is 5.75 Å². The second-order valence-corrected chi connectivity index (χ2v) is 9.72. The monoisotopic (exact) mass is 555 g/mol. The van der Waals surface area contributed by atoms with Gasteiger partial charge in [-0.3, -0.25) is 0 Å². The third-order valence-electron chi connectivity index (χ3n) is 6.81. The number of nitrogens with one attached hydrogen (secondary N) is 3. The zero-order chi connectivity index (χ0) is 28.3. The van der Waals surface area contributed by atoms with E-state index in [0.717, 1.165) is 67.2 Å². The molecule has 0 saturated carbocycles. The molecule has 2 heterocycles. The van der Waals surface area contributed by atoms with Gasteiger partial charge in [0.25, 0.3) is 0 Å². The van der Waals surface area contributed by atoms with Crippen LogP contribution in [0.3, 0.4) is 0 Å². The molecule has 0 amide bonds. The summed E-state index contributed by atoms with van der Waals surface area (Å²) in [6.45, 7) is 5.35. The Morgan fingerprint density at radius 1 is 0.854 bits per heavy atom. The minimum atomic E-state index is 0.266. The number of rotatable bonds is 13. The van der Waals surface area contributed by atoms with Crippen molar-refractivity contribution in [1.29, 1.82) is 0 Å². The van der Waals surface area contributed by atoms with Crippen molar-refractivity contribution in [2.45, 2.75) is 12.8 Å². The number of benzene rings is 3. The van der Waals surface area contributed by atoms with Gasteiger partial charge >= 0.3 is 0 Å². The van der Waals surface area contributed by atoms with Crippen molar-refractivity contribution in [1.82, 2.24) is 20.3 Å². The number of nitrogens with zero attached hydrogens (tertiary/aromatic N) is 4. The molecule has 1 aliphatic heterocycles. The van der Waals surface area contributed by atoms with Crippen molar-refractivity contribution in [2.24, 2.45) is 0 Å². The lowest BCUT2D eigenvalue weighted by Gasteiger charge is -2.27. The van der Waals surface area contributed by atoms with Crippen LogP contribution in [0.1, 0.15) is 12.0 Å². The predicted octanol–water partition coefficient (Wildman–Crippen LogP) is 4.20. The van der Waals surface area contributed by atoms with E-state index in [2.05, 4.69) is 36.9 Å². The quantitative estimate of drug-likeness (QED) is 0.179. The van der Waals surface area contributed by atoms with E-state index in [9.17, 15) is 5.11 Å². The van der Waals surface area contributed by atoms with Crippen LogP contribution in [-0.2, 0) is 6.42 Å². The summed E-state index contributed by atoms with van der Waals surface area (Å²) in [4.78, 5) is 16.2. The summed E-state index contributed by atoms with van der Waals surface area (Å²) in [5, 5.41) is 19.6. The standard InChI is InChI=1S/C31H37N7O3/c1-40-26-13-9-24(10-14-26)27-5-2-3-6-28(27)41-22-4-16-33-29-35-30(34-17-15-23-7-11-25(39)12-8-23)37-31(36-29)38-20-18-32-19-21-38/h2-3,5-14,32,39H,4,15-22H2,1H3,(H2,33,34,35,36,37). The topological polar surface area (TPSA) is 117 Å². The molecule has 0 atom stereocenters. The number of hydrogen-bond acceptors (Lipinski definition) is 10. The van der Waals surface area contributed by atoms with Gasteiger partial charge in [-0.2, -0.15) is 15.0 Å². The van der Waals surface area contributed by atoms with Crippen LogP contribution in [0.5, 0.6) is 17.2 Å². The fourth-order valence-corrected chi connectivity index (χ4v) is 4.57. The molecule has 0 spiro atoms. The van der Waals surface area contributed by atoms with Crippen molar-refractivity contribution in [3.05, 3.63) is 78.4 Å². The Morgan fingerprint density at radius 3 is 2.29 bits per heavy atom. The molecule has 1 saturated heterocycles. The van der Waals surface area contributed by atoms with Gasteiger partial charge in [0, 0.05) is 44.8 Å². The zero-order valence-electron chi connectivity index (χ0n) is 23.3. The Kier molecular flexibility index (Phi) is 9.67. The smallest absolute Gasteiger partial charge is 0.232 e. The van der Waals surface area contributed by atoms with E-state index in [1.54, 1.807) is 19.2 Å². The first kappa shape index (κ1) is 28.0. The lowest BCUT2D eigenvalue weighted by Crippen LogP contribution is -2.44. The Labute approximate surface area is 240 Å². The molecular weight excluding hydrogens is 518 g/mol. The number of phenolic OH excluding ortho intramolecular Hbond substituents is 1. The molecule has 214 valence electrons. The first-order valence-electron chi connectivity index (χ1n) is 14.0. The second kappa shape index (κ2) is 14.2. The van der Waals surface area contributed by atoms with Crippen LogP contribution in [0.25, 0.3) is 11.1 Å². The Morgan fingerprint density at radius 2 is 1.56 bits per heavy atom. The van der Waals surface area contributed by atoms with E-state index >= 15 is 0 Å². The molecule has 3 aromatic carbocycles. The van der Waals surface area contributed by atoms with Crippen LogP contribution < -0.4 is 30.3 Å². The molecule has 0 aliphatic carbocycles. The van der Waals surface area contributed by atoms with E-state index < -0.39 is 0 Å². The van der Waals surface area contributed by atoms with Gasteiger partial charge < -0.3 is 35.4 Å². The molecule has 4 N–H and O–H groups in total. The zero-order valence-corrected chi connectivity index (χ0v) is 23.3. The van der Waals surface area contributed by atoms with Gasteiger partial charge in [0.2, 0.25) is 17.8 Å². The fourth-order valence-electron chi connectivity index (χ4n) is 4.57. The second-order valence-electron chi connectivity index (χ2n) is 9.72. The molecule has 41 heavy (non-hydrogen) atoms. The number of aromatic nitrogens is 3. The highest BCUT2D eigenvalue weighted by Gasteiger charge is 2.16. The molecule has 0 radical (unpaired) electrons. The Bertz CT molecular complexity index is 1380. The largest absolute Gasteiger partial charge is 0.508 e. The first-order chi connectivity index (χ1) is 20.2. The van der Waals surface area contributed by atoms with Crippen molar-refractivity contribution in [3.63, 3.8) is 0 Å². The average molecular weight is 556 g/mol. The van der Waals surface area contributed by atoms with Gasteiger partial charge in [-0.1, -0.05) is 42.5 Å². The molecule has 4 aromatic rings. The Balaban J connectivity index is 1.17. The number of phenols is 1. The minimum absolute atomic E-state index is 0.266. The van der Waals surface area contributed by atoms with Crippen LogP contribution in [0.4, 0.5) is 17.8 Å². The van der Waals surface area contributed by atoms with Crippen LogP contribution in [0.15, 0.2) is 72.8 Å². The number of ether oxygens (including phenoxy) is 2. The van der Waals surface area contributed by atoms with E-state index in [1.165, 1.54) is 0 Å². The average Bonchev–Trinajstić information content (AvgIpc) is 3.02. The molecule has 1 aliphatic rings. The van der Waals surface area contributed by atoms with Crippen LogP contribution in [0, 0.1) is 0 Å². The summed E-state index contributed by atoms with van der Waals surface area (Å²) in [6.07, 6.45) is 1.56. The highest BCUT2D eigenvalue weighted by molar-refractivity contribution is 5.70. The highest BCUT2D eigenvalue weighted by atomic mass is 16.5. The van der Waals surface area contributed by atoms with Gasteiger partial charge in [0.05, 0.1) is 13.7 Å². The SMILES string of the molecule is COc1ccc(-c2ccccc2OCCCNc2nc(NCCc3ccc(O)cc3)nc(N3CCNCC3)n2)cc1. The summed E-state index contributed by atoms with van der Waals surface area (Å²) >= 11 is 0. The summed E-state index contributed by atoms with van der Waals surface area (Å²) in [6, 6.07) is 23.3. The van der Waals surface area contributed by atoms with E-state index in [4.69, 9.17) is 14.5 Å². The Hall–Kier alpha value is -4.57. The molecule has 0 bridgehead atoms. The molecular formula is C31H37N7O3. The number of anilines is 3.